The minimum atomic E-state index is 0.632. The lowest BCUT2D eigenvalue weighted by molar-refractivity contribution is 0.178. The second kappa shape index (κ2) is 2.96. The molecule has 74 valence electrons. The fraction of sp³-hybridized carbons (Fsp3) is 1.00. The van der Waals surface area contributed by atoms with Crippen LogP contribution in [0.5, 0.6) is 0 Å². The number of hydrogen-bond acceptors (Lipinski definition) is 2. The summed E-state index contributed by atoms with van der Waals surface area (Å²) in [6, 6.07) is 0.839. The first-order valence-corrected chi connectivity index (χ1v) is 5.90. The van der Waals surface area contributed by atoms with E-state index in [0.29, 0.717) is 5.54 Å². The predicted octanol–water partition coefficient (Wildman–Crippen LogP) is 1.37. The SMILES string of the molecule is C1CN[C@H](C2(N3CCCC3)CC2)C1. The van der Waals surface area contributed by atoms with Crippen molar-refractivity contribution in [1.82, 2.24) is 10.2 Å². The molecule has 2 aliphatic heterocycles. The lowest BCUT2D eigenvalue weighted by Crippen LogP contribution is -2.48. The molecule has 2 nitrogen and oxygen atoms in total. The first-order chi connectivity index (χ1) is 6.42. The van der Waals surface area contributed by atoms with Crippen LogP contribution in [0.1, 0.15) is 38.5 Å². The van der Waals surface area contributed by atoms with Crippen LogP contribution in [0, 0.1) is 0 Å². The molecule has 1 aliphatic carbocycles. The van der Waals surface area contributed by atoms with E-state index in [9.17, 15) is 0 Å². The Balaban J connectivity index is 1.72. The fourth-order valence-corrected chi connectivity index (χ4v) is 3.32. The molecule has 0 spiro atoms. The van der Waals surface area contributed by atoms with Crippen molar-refractivity contribution in [2.45, 2.75) is 50.1 Å². The fourth-order valence-electron chi connectivity index (χ4n) is 3.32. The molecule has 3 aliphatic rings. The van der Waals surface area contributed by atoms with Gasteiger partial charge in [0.1, 0.15) is 0 Å². The molecule has 3 fully saturated rings. The normalized spacial score (nSPS) is 38.3. The van der Waals surface area contributed by atoms with E-state index in [4.69, 9.17) is 0 Å². The molecule has 0 aromatic carbocycles. The maximum Gasteiger partial charge on any atom is 0.0363 e. The average molecular weight is 180 g/mol. The molecule has 1 saturated carbocycles. The maximum atomic E-state index is 3.69. The Morgan fingerprint density at radius 1 is 1.08 bits per heavy atom. The van der Waals surface area contributed by atoms with Gasteiger partial charge in [-0.1, -0.05) is 0 Å². The Labute approximate surface area is 80.7 Å². The molecule has 0 aromatic rings. The average Bonchev–Trinajstić information content (AvgIpc) is 2.68. The van der Waals surface area contributed by atoms with Gasteiger partial charge in [-0.05, 0) is 58.2 Å². The van der Waals surface area contributed by atoms with Crippen molar-refractivity contribution in [3.8, 4) is 0 Å². The topological polar surface area (TPSA) is 15.3 Å². The molecule has 13 heavy (non-hydrogen) atoms. The number of likely N-dealkylation sites (tertiary alicyclic amines) is 1. The third kappa shape index (κ3) is 1.23. The van der Waals surface area contributed by atoms with E-state index >= 15 is 0 Å². The summed E-state index contributed by atoms with van der Waals surface area (Å²) < 4.78 is 0. The van der Waals surface area contributed by atoms with Gasteiger partial charge in [0, 0.05) is 11.6 Å². The zero-order valence-corrected chi connectivity index (χ0v) is 8.39. The lowest BCUT2D eigenvalue weighted by atomic mass is 10.0. The number of nitrogens with zero attached hydrogens (tertiary/aromatic N) is 1. The predicted molar refractivity (Wildman–Crippen MR) is 53.8 cm³/mol. The van der Waals surface area contributed by atoms with Gasteiger partial charge in [0.2, 0.25) is 0 Å². The van der Waals surface area contributed by atoms with Crippen LogP contribution in [0.15, 0.2) is 0 Å². The van der Waals surface area contributed by atoms with Crippen molar-refractivity contribution in [1.29, 1.82) is 0 Å². The van der Waals surface area contributed by atoms with Crippen LogP contribution in [0.3, 0.4) is 0 Å². The van der Waals surface area contributed by atoms with Crippen LogP contribution < -0.4 is 5.32 Å². The molecule has 0 unspecified atom stereocenters. The van der Waals surface area contributed by atoms with E-state index in [1.165, 1.54) is 58.2 Å². The summed E-state index contributed by atoms with van der Waals surface area (Å²) in [7, 11) is 0. The third-order valence-corrected chi connectivity index (χ3v) is 4.21. The van der Waals surface area contributed by atoms with Crippen LogP contribution in [-0.2, 0) is 0 Å². The van der Waals surface area contributed by atoms with E-state index in [2.05, 4.69) is 10.2 Å². The molecule has 2 heteroatoms. The van der Waals surface area contributed by atoms with E-state index < -0.39 is 0 Å². The van der Waals surface area contributed by atoms with Crippen molar-refractivity contribution in [3.63, 3.8) is 0 Å². The number of rotatable bonds is 2. The summed E-state index contributed by atoms with van der Waals surface area (Å²) >= 11 is 0. The van der Waals surface area contributed by atoms with E-state index in [1.807, 2.05) is 0 Å². The van der Waals surface area contributed by atoms with Crippen molar-refractivity contribution in [3.05, 3.63) is 0 Å². The highest BCUT2D eigenvalue weighted by Crippen LogP contribution is 2.48. The minimum absolute atomic E-state index is 0.632. The highest BCUT2D eigenvalue weighted by molar-refractivity contribution is 5.13. The molecular weight excluding hydrogens is 160 g/mol. The lowest BCUT2D eigenvalue weighted by Gasteiger charge is -2.32. The van der Waals surface area contributed by atoms with Crippen molar-refractivity contribution >= 4 is 0 Å². The van der Waals surface area contributed by atoms with Crippen LogP contribution >= 0.6 is 0 Å². The summed E-state index contributed by atoms with van der Waals surface area (Å²) in [5.74, 6) is 0. The zero-order valence-electron chi connectivity index (χ0n) is 8.39. The summed E-state index contributed by atoms with van der Waals surface area (Å²) in [6.07, 6.45) is 8.63. The van der Waals surface area contributed by atoms with Crippen LogP contribution in [0.2, 0.25) is 0 Å². The van der Waals surface area contributed by atoms with Gasteiger partial charge >= 0.3 is 0 Å². The molecule has 3 rings (SSSR count). The van der Waals surface area contributed by atoms with Gasteiger partial charge in [-0.2, -0.15) is 0 Å². The quantitative estimate of drug-likeness (QED) is 0.690. The molecule has 0 radical (unpaired) electrons. The molecular formula is C11H20N2. The third-order valence-electron chi connectivity index (χ3n) is 4.21. The van der Waals surface area contributed by atoms with E-state index in [-0.39, 0.29) is 0 Å². The second-order valence-corrected chi connectivity index (χ2v) is 4.95. The van der Waals surface area contributed by atoms with Gasteiger partial charge in [-0.15, -0.1) is 0 Å². The van der Waals surface area contributed by atoms with E-state index in [0.717, 1.165) is 6.04 Å². The second-order valence-electron chi connectivity index (χ2n) is 4.95. The van der Waals surface area contributed by atoms with Crippen LogP contribution in [0.25, 0.3) is 0 Å². The van der Waals surface area contributed by atoms with Gasteiger partial charge in [0.05, 0.1) is 0 Å². The Bertz CT molecular complexity index is 168. The Morgan fingerprint density at radius 3 is 2.38 bits per heavy atom. The standard InChI is InChI=1S/C11H20N2/c1-2-9-13(8-1)11(5-6-11)10-4-3-7-12-10/h10,12H,1-9H2/t10-/m0/s1. The molecule has 0 amide bonds. The van der Waals surface area contributed by atoms with E-state index in [1.54, 1.807) is 0 Å². The van der Waals surface area contributed by atoms with Gasteiger partial charge in [0.25, 0.3) is 0 Å². The molecule has 0 aromatic heterocycles. The Hall–Kier alpha value is -0.0800. The van der Waals surface area contributed by atoms with Gasteiger partial charge in [0.15, 0.2) is 0 Å². The largest absolute Gasteiger partial charge is 0.312 e. The highest BCUT2D eigenvalue weighted by Gasteiger charge is 2.54. The van der Waals surface area contributed by atoms with Crippen molar-refractivity contribution < 1.29 is 0 Å². The first-order valence-electron chi connectivity index (χ1n) is 5.90. The Kier molecular flexibility index (Phi) is 1.88. The smallest absolute Gasteiger partial charge is 0.0363 e. The maximum absolute atomic E-state index is 3.69. The van der Waals surface area contributed by atoms with Gasteiger partial charge in [-0.3, -0.25) is 4.90 Å². The minimum Gasteiger partial charge on any atom is -0.312 e. The molecule has 2 heterocycles. The van der Waals surface area contributed by atoms with Gasteiger partial charge in [-0.25, -0.2) is 0 Å². The molecule has 2 saturated heterocycles. The number of hydrogen-bond donors (Lipinski definition) is 1. The first kappa shape index (κ1) is 8.25. The zero-order chi connectivity index (χ0) is 8.73. The van der Waals surface area contributed by atoms with Crippen molar-refractivity contribution in [2.75, 3.05) is 19.6 Å². The van der Waals surface area contributed by atoms with Gasteiger partial charge < -0.3 is 5.32 Å². The summed E-state index contributed by atoms with van der Waals surface area (Å²) in [4.78, 5) is 2.77. The monoisotopic (exact) mass is 180 g/mol. The van der Waals surface area contributed by atoms with Crippen LogP contribution in [0.4, 0.5) is 0 Å². The van der Waals surface area contributed by atoms with Crippen LogP contribution in [-0.4, -0.2) is 36.1 Å². The summed E-state index contributed by atoms with van der Waals surface area (Å²) in [6.45, 7) is 4.01. The molecule has 1 atom stereocenters. The van der Waals surface area contributed by atoms with Crippen molar-refractivity contribution in [2.24, 2.45) is 0 Å². The molecule has 1 N–H and O–H groups in total. The summed E-state index contributed by atoms with van der Waals surface area (Å²) in [5, 5.41) is 3.69. The summed E-state index contributed by atoms with van der Waals surface area (Å²) in [5.41, 5.74) is 0.632. The Morgan fingerprint density at radius 2 is 1.85 bits per heavy atom. The number of nitrogens with one attached hydrogen (secondary N) is 1. The highest BCUT2D eigenvalue weighted by atomic mass is 15.3. The molecule has 0 bridgehead atoms.